The molecule has 1 amide bonds. The minimum absolute atomic E-state index is 0.0224. The van der Waals surface area contributed by atoms with Crippen molar-refractivity contribution in [1.82, 2.24) is 4.90 Å². The maximum absolute atomic E-state index is 12.8. The van der Waals surface area contributed by atoms with E-state index in [1.54, 1.807) is 14.2 Å². The Morgan fingerprint density at radius 3 is 2.48 bits per heavy atom. The third-order valence-corrected chi connectivity index (χ3v) is 4.76. The molecule has 0 saturated heterocycles. The molecule has 0 aromatic heterocycles. The van der Waals surface area contributed by atoms with Gasteiger partial charge in [0.05, 0.1) is 26.8 Å². The van der Waals surface area contributed by atoms with Crippen molar-refractivity contribution in [1.29, 1.82) is 0 Å². The van der Waals surface area contributed by atoms with Gasteiger partial charge < -0.3 is 14.2 Å². The summed E-state index contributed by atoms with van der Waals surface area (Å²) >= 11 is 0. The number of benzene rings is 1. The van der Waals surface area contributed by atoms with Crippen molar-refractivity contribution < 1.29 is 19.0 Å². The van der Waals surface area contributed by atoms with Crippen LogP contribution < -0.4 is 9.47 Å². The molecule has 1 heterocycles. The molecule has 0 radical (unpaired) electrons. The van der Waals surface area contributed by atoms with E-state index in [4.69, 9.17) is 14.2 Å². The van der Waals surface area contributed by atoms with Crippen LogP contribution in [0.5, 0.6) is 11.5 Å². The van der Waals surface area contributed by atoms with Gasteiger partial charge in [-0.3, -0.25) is 4.90 Å². The molecule has 25 heavy (non-hydrogen) atoms. The summed E-state index contributed by atoms with van der Waals surface area (Å²) in [5.41, 5.74) is 1.83. The van der Waals surface area contributed by atoms with Gasteiger partial charge in [0.2, 0.25) is 0 Å². The zero-order valence-electron chi connectivity index (χ0n) is 15.7. The second kappa shape index (κ2) is 6.62. The van der Waals surface area contributed by atoms with Crippen LogP contribution in [0.1, 0.15) is 50.7 Å². The lowest BCUT2D eigenvalue weighted by Gasteiger charge is -2.43. The summed E-state index contributed by atoms with van der Waals surface area (Å²) in [6, 6.07) is 4.08. The highest BCUT2D eigenvalue weighted by atomic mass is 16.6. The van der Waals surface area contributed by atoms with Gasteiger partial charge in [-0.25, -0.2) is 4.79 Å². The minimum atomic E-state index is -0.511. The summed E-state index contributed by atoms with van der Waals surface area (Å²) in [5.74, 6) is 1.68. The molecule has 136 valence electrons. The zero-order valence-corrected chi connectivity index (χ0v) is 15.7. The average Bonchev–Trinajstić information content (AvgIpc) is 2.58. The smallest absolute Gasteiger partial charge is 0.411 e. The third-order valence-electron chi connectivity index (χ3n) is 4.76. The molecule has 1 aliphatic carbocycles. The van der Waals surface area contributed by atoms with Gasteiger partial charge in [0.25, 0.3) is 0 Å². The average molecular weight is 345 g/mol. The first-order chi connectivity index (χ1) is 11.8. The van der Waals surface area contributed by atoms with Crippen LogP contribution in [0.25, 0.3) is 0 Å². The second-order valence-electron chi connectivity index (χ2n) is 7.62. The second-order valence-corrected chi connectivity index (χ2v) is 7.62. The van der Waals surface area contributed by atoms with E-state index in [-0.39, 0.29) is 18.1 Å². The van der Waals surface area contributed by atoms with Crippen molar-refractivity contribution in [3.8, 4) is 11.5 Å². The molecule has 1 aromatic carbocycles. The minimum Gasteiger partial charge on any atom is -0.493 e. The first kappa shape index (κ1) is 17.6. The first-order valence-electron chi connectivity index (χ1n) is 8.75. The van der Waals surface area contributed by atoms with Gasteiger partial charge >= 0.3 is 6.09 Å². The fourth-order valence-corrected chi connectivity index (χ4v) is 3.69. The van der Waals surface area contributed by atoms with E-state index in [0.717, 1.165) is 24.2 Å². The summed E-state index contributed by atoms with van der Waals surface area (Å²) in [4.78, 5) is 14.6. The van der Waals surface area contributed by atoms with Crippen LogP contribution in [0.2, 0.25) is 0 Å². The van der Waals surface area contributed by atoms with E-state index < -0.39 is 5.60 Å². The lowest BCUT2D eigenvalue weighted by atomic mass is 9.78. The zero-order chi connectivity index (χ0) is 18.2. The predicted molar refractivity (Wildman–Crippen MR) is 96.2 cm³/mol. The number of hydrogen-bond donors (Lipinski definition) is 0. The van der Waals surface area contributed by atoms with Crippen molar-refractivity contribution in [3.63, 3.8) is 0 Å². The highest BCUT2D eigenvalue weighted by molar-refractivity contribution is 5.70. The van der Waals surface area contributed by atoms with Crippen LogP contribution in [0, 0.1) is 0 Å². The van der Waals surface area contributed by atoms with E-state index in [0.29, 0.717) is 12.3 Å². The van der Waals surface area contributed by atoms with Crippen LogP contribution in [0.15, 0.2) is 24.3 Å². The number of nitrogens with zero attached hydrogens (tertiary/aromatic N) is 1. The summed E-state index contributed by atoms with van der Waals surface area (Å²) in [7, 11) is 3.28. The van der Waals surface area contributed by atoms with Gasteiger partial charge in [0, 0.05) is 5.92 Å². The Morgan fingerprint density at radius 2 is 1.84 bits per heavy atom. The normalized spacial score (nSPS) is 22.0. The largest absolute Gasteiger partial charge is 0.493 e. The Bertz CT molecular complexity index is 690. The lowest BCUT2D eigenvalue weighted by molar-refractivity contribution is 0.0127. The van der Waals surface area contributed by atoms with Crippen LogP contribution in [0.4, 0.5) is 4.79 Å². The molecule has 0 bridgehead atoms. The molecule has 2 atom stereocenters. The van der Waals surface area contributed by atoms with Gasteiger partial charge in [-0.15, -0.1) is 0 Å². The number of allylic oxidation sites excluding steroid dienone is 1. The van der Waals surface area contributed by atoms with E-state index in [9.17, 15) is 4.79 Å². The maximum atomic E-state index is 12.8. The summed E-state index contributed by atoms with van der Waals surface area (Å²) in [5, 5.41) is 0. The van der Waals surface area contributed by atoms with E-state index in [1.807, 2.05) is 31.7 Å². The van der Waals surface area contributed by atoms with E-state index in [1.165, 1.54) is 5.56 Å². The lowest BCUT2D eigenvalue weighted by Crippen LogP contribution is -2.48. The van der Waals surface area contributed by atoms with Gasteiger partial charge in [-0.05, 0) is 56.9 Å². The highest BCUT2D eigenvalue weighted by Gasteiger charge is 2.39. The van der Waals surface area contributed by atoms with Crippen molar-refractivity contribution in [2.75, 3.05) is 14.2 Å². The molecule has 1 aliphatic heterocycles. The molecular formula is C20H27NO4. The topological polar surface area (TPSA) is 48.0 Å². The quantitative estimate of drug-likeness (QED) is 0.752. The molecule has 0 saturated carbocycles. The van der Waals surface area contributed by atoms with Crippen LogP contribution in [-0.2, 0) is 11.3 Å². The van der Waals surface area contributed by atoms with Crippen LogP contribution >= 0.6 is 0 Å². The van der Waals surface area contributed by atoms with E-state index >= 15 is 0 Å². The van der Waals surface area contributed by atoms with Crippen molar-refractivity contribution in [3.05, 3.63) is 35.4 Å². The fraction of sp³-hybridized carbons (Fsp3) is 0.550. The Labute approximate surface area is 149 Å². The Morgan fingerprint density at radius 1 is 1.16 bits per heavy atom. The number of rotatable bonds is 2. The molecule has 0 N–H and O–H groups in total. The van der Waals surface area contributed by atoms with Gasteiger partial charge in [-0.2, -0.15) is 0 Å². The highest BCUT2D eigenvalue weighted by Crippen LogP contribution is 2.44. The number of amides is 1. The van der Waals surface area contributed by atoms with Crippen LogP contribution in [-0.4, -0.2) is 36.9 Å². The molecular weight excluding hydrogens is 318 g/mol. The van der Waals surface area contributed by atoms with Crippen molar-refractivity contribution in [2.45, 2.75) is 57.7 Å². The third kappa shape index (κ3) is 3.46. The van der Waals surface area contributed by atoms with Crippen molar-refractivity contribution in [2.24, 2.45) is 0 Å². The SMILES string of the molecule is COc1cc2c(cc1OC)[C@@H]1CCC=C[C@@H]1N(C(=O)OC(C)(C)C)C2. The molecule has 5 heteroatoms. The first-order valence-corrected chi connectivity index (χ1v) is 8.75. The summed E-state index contributed by atoms with van der Waals surface area (Å²) in [6.45, 7) is 6.19. The number of carbonyl (C=O) groups is 1. The molecule has 1 aromatic rings. The van der Waals surface area contributed by atoms with Crippen LogP contribution in [0.3, 0.4) is 0 Å². The standard InChI is InChI=1S/C20H27NO4/c1-20(2,3)25-19(22)21-12-13-10-17(23-4)18(24-5)11-15(13)14-8-6-7-9-16(14)21/h7,9-11,14,16H,6,8,12H2,1-5H3/t14-,16-/m0/s1. The number of methoxy groups -OCH3 is 2. The summed E-state index contributed by atoms with van der Waals surface area (Å²) < 4.78 is 16.6. The molecule has 3 rings (SSSR count). The monoisotopic (exact) mass is 345 g/mol. The van der Waals surface area contributed by atoms with Gasteiger partial charge in [0.15, 0.2) is 11.5 Å². The summed E-state index contributed by atoms with van der Waals surface area (Å²) in [6.07, 6.45) is 6.04. The Kier molecular flexibility index (Phi) is 4.67. The predicted octanol–water partition coefficient (Wildman–Crippen LogP) is 4.26. The Balaban J connectivity index is 2.01. The van der Waals surface area contributed by atoms with E-state index in [2.05, 4.69) is 18.2 Å². The molecule has 2 aliphatic rings. The molecule has 0 unspecified atom stereocenters. The number of hydrogen-bond acceptors (Lipinski definition) is 4. The molecule has 0 spiro atoms. The van der Waals surface area contributed by atoms with Gasteiger partial charge in [-0.1, -0.05) is 12.2 Å². The fourth-order valence-electron chi connectivity index (χ4n) is 3.69. The number of fused-ring (bicyclic) bond motifs is 3. The maximum Gasteiger partial charge on any atom is 0.411 e. The van der Waals surface area contributed by atoms with Crippen molar-refractivity contribution >= 4 is 6.09 Å². The molecule has 0 fully saturated rings. The number of ether oxygens (including phenoxy) is 3. The Hall–Kier alpha value is -2.17. The number of carbonyl (C=O) groups excluding carboxylic acids is 1. The van der Waals surface area contributed by atoms with Gasteiger partial charge in [0.1, 0.15) is 5.60 Å². The molecule has 5 nitrogen and oxygen atoms in total.